The Morgan fingerprint density at radius 1 is 0.969 bits per heavy atom. The summed E-state index contributed by atoms with van der Waals surface area (Å²) in [5, 5.41) is 2.91. The van der Waals surface area contributed by atoms with E-state index in [4.69, 9.17) is 9.47 Å². The van der Waals surface area contributed by atoms with Crippen molar-refractivity contribution in [1.29, 1.82) is 0 Å². The molecule has 1 aliphatic carbocycles. The average Bonchev–Trinajstić information content (AvgIpc) is 2.73. The molecule has 0 radical (unpaired) electrons. The van der Waals surface area contributed by atoms with E-state index >= 15 is 0 Å². The number of carbonyl (C=O) groups is 2. The molecule has 6 nitrogen and oxygen atoms in total. The van der Waals surface area contributed by atoms with Crippen molar-refractivity contribution >= 4 is 17.9 Å². The Kier molecular flexibility index (Phi) is 6.13. The maximum Gasteiger partial charge on any atom is 0.411 e. The van der Waals surface area contributed by atoms with Gasteiger partial charge in [-0.1, -0.05) is 48.5 Å². The number of rotatable bonds is 3. The summed E-state index contributed by atoms with van der Waals surface area (Å²) in [6.45, 7) is 7.03. The van der Waals surface area contributed by atoms with Gasteiger partial charge in [0, 0.05) is 18.7 Å². The smallest absolute Gasteiger partial charge is 0.411 e. The van der Waals surface area contributed by atoms with Crippen molar-refractivity contribution < 1.29 is 19.1 Å². The Hall–Kier alpha value is -3.02. The van der Waals surface area contributed by atoms with Crippen LogP contribution in [-0.2, 0) is 9.47 Å². The third kappa shape index (κ3) is 5.23. The Morgan fingerprint density at radius 3 is 2.25 bits per heavy atom. The molecule has 0 unspecified atom stereocenters. The van der Waals surface area contributed by atoms with Gasteiger partial charge in [-0.2, -0.15) is 0 Å². The largest absolute Gasteiger partial charge is 0.446 e. The molecule has 1 saturated carbocycles. The lowest BCUT2D eigenvalue weighted by Crippen LogP contribution is -2.52. The van der Waals surface area contributed by atoms with Gasteiger partial charge in [-0.15, -0.1) is 0 Å². The van der Waals surface area contributed by atoms with Crippen LogP contribution in [0.2, 0.25) is 0 Å². The molecule has 1 aliphatic heterocycles. The molecule has 0 aromatic heterocycles. The summed E-state index contributed by atoms with van der Waals surface area (Å²) in [5.74, 6) is 0. The number of piperidine rings is 1. The Labute approximate surface area is 189 Å². The lowest BCUT2D eigenvalue weighted by atomic mass is 9.61. The first-order valence-electron chi connectivity index (χ1n) is 11.3. The number of nitrogens with one attached hydrogen (secondary N) is 1. The van der Waals surface area contributed by atoms with Crippen LogP contribution in [0.15, 0.2) is 54.6 Å². The zero-order valence-electron chi connectivity index (χ0n) is 19.1. The van der Waals surface area contributed by atoms with Gasteiger partial charge >= 0.3 is 12.2 Å². The molecular formula is C26H32N2O4. The highest BCUT2D eigenvalue weighted by Gasteiger charge is 2.48. The zero-order chi connectivity index (χ0) is 22.8. The van der Waals surface area contributed by atoms with Gasteiger partial charge in [0.15, 0.2) is 0 Å². The van der Waals surface area contributed by atoms with Crippen molar-refractivity contribution in [1.82, 2.24) is 4.90 Å². The number of ether oxygens (including phenoxy) is 2. The molecule has 1 heterocycles. The molecule has 6 heteroatoms. The van der Waals surface area contributed by atoms with Crippen LogP contribution in [-0.4, -0.2) is 41.9 Å². The van der Waals surface area contributed by atoms with E-state index in [9.17, 15) is 9.59 Å². The fraction of sp³-hybridized carbons (Fsp3) is 0.462. The van der Waals surface area contributed by atoms with Gasteiger partial charge < -0.3 is 14.4 Å². The molecule has 0 bridgehead atoms. The van der Waals surface area contributed by atoms with Crippen molar-refractivity contribution in [2.45, 2.75) is 58.2 Å². The van der Waals surface area contributed by atoms with E-state index in [-0.39, 0.29) is 17.6 Å². The lowest BCUT2D eigenvalue weighted by Gasteiger charge is -2.51. The maximum atomic E-state index is 12.5. The minimum absolute atomic E-state index is 0.0769. The SMILES string of the molecule is CC(C)(C)OC(=O)N1CCC2(CC1)CC(OC(=O)Nc1ccccc1-c1ccccc1)C2. The van der Waals surface area contributed by atoms with Crippen LogP contribution in [0.25, 0.3) is 11.1 Å². The molecule has 2 aliphatic rings. The molecule has 4 rings (SSSR count). The van der Waals surface area contributed by atoms with Gasteiger partial charge in [-0.25, -0.2) is 9.59 Å². The molecule has 2 aromatic carbocycles. The van der Waals surface area contributed by atoms with Gasteiger partial charge in [0.25, 0.3) is 0 Å². The van der Waals surface area contributed by atoms with E-state index in [1.165, 1.54) is 0 Å². The lowest BCUT2D eigenvalue weighted by molar-refractivity contribution is -0.0716. The van der Waals surface area contributed by atoms with Crippen molar-refractivity contribution in [3.8, 4) is 11.1 Å². The number of carbonyl (C=O) groups excluding carboxylic acids is 2. The molecule has 2 fully saturated rings. The van der Waals surface area contributed by atoms with Gasteiger partial charge in [0.05, 0.1) is 5.69 Å². The van der Waals surface area contributed by atoms with Crippen LogP contribution >= 0.6 is 0 Å². The molecule has 2 aromatic rings. The highest BCUT2D eigenvalue weighted by Crippen LogP contribution is 2.50. The topological polar surface area (TPSA) is 67.9 Å². The Bertz CT molecular complexity index is 951. The minimum atomic E-state index is -0.478. The summed E-state index contributed by atoms with van der Waals surface area (Å²) < 4.78 is 11.2. The van der Waals surface area contributed by atoms with Gasteiger partial charge in [0.2, 0.25) is 0 Å². The fourth-order valence-corrected chi connectivity index (χ4v) is 4.64. The number of amides is 2. The quantitative estimate of drug-likeness (QED) is 0.633. The Morgan fingerprint density at radius 2 is 1.59 bits per heavy atom. The molecular weight excluding hydrogens is 404 g/mol. The summed E-state index contributed by atoms with van der Waals surface area (Å²) in [4.78, 5) is 26.6. The van der Waals surface area contributed by atoms with Crippen LogP contribution in [0.1, 0.15) is 46.5 Å². The fourth-order valence-electron chi connectivity index (χ4n) is 4.64. The first-order valence-corrected chi connectivity index (χ1v) is 11.3. The summed E-state index contributed by atoms with van der Waals surface area (Å²) in [6, 6.07) is 17.7. The Balaban J connectivity index is 1.26. The number of benzene rings is 2. The molecule has 1 spiro atoms. The third-order valence-corrected chi connectivity index (χ3v) is 6.32. The van der Waals surface area contributed by atoms with E-state index in [2.05, 4.69) is 5.32 Å². The van der Waals surface area contributed by atoms with E-state index in [0.29, 0.717) is 13.1 Å². The van der Waals surface area contributed by atoms with E-state index in [0.717, 1.165) is 42.5 Å². The molecule has 2 amide bonds. The first kappa shape index (κ1) is 22.2. The molecule has 1 N–H and O–H groups in total. The van der Waals surface area contributed by atoms with E-state index in [1.807, 2.05) is 75.4 Å². The van der Waals surface area contributed by atoms with Crippen molar-refractivity contribution in [3.05, 3.63) is 54.6 Å². The summed E-state index contributed by atoms with van der Waals surface area (Å²) in [7, 11) is 0. The predicted molar refractivity (Wildman–Crippen MR) is 124 cm³/mol. The maximum absolute atomic E-state index is 12.5. The molecule has 0 atom stereocenters. The van der Waals surface area contributed by atoms with Crippen LogP contribution in [0.5, 0.6) is 0 Å². The second-order valence-corrected chi connectivity index (χ2v) is 9.94. The average molecular weight is 437 g/mol. The molecule has 32 heavy (non-hydrogen) atoms. The van der Waals surface area contributed by atoms with Crippen LogP contribution in [0.3, 0.4) is 0 Å². The summed E-state index contributed by atoms with van der Waals surface area (Å²) >= 11 is 0. The standard InChI is InChI=1S/C26H32N2O4/c1-25(2,3)32-24(30)28-15-13-26(14-16-28)17-20(18-26)31-23(29)27-22-12-8-7-11-21(22)19-9-5-4-6-10-19/h4-12,20H,13-18H2,1-3H3,(H,27,29). The van der Waals surface area contributed by atoms with E-state index < -0.39 is 11.7 Å². The highest BCUT2D eigenvalue weighted by atomic mass is 16.6. The molecule has 1 saturated heterocycles. The highest BCUT2D eigenvalue weighted by molar-refractivity contribution is 5.91. The number of para-hydroxylation sites is 1. The number of likely N-dealkylation sites (tertiary alicyclic amines) is 1. The normalized spacial score (nSPS) is 18.0. The van der Waals surface area contributed by atoms with Crippen molar-refractivity contribution in [2.24, 2.45) is 5.41 Å². The van der Waals surface area contributed by atoms with Gasteiger partial charge in [0.1, 0.15) is 11.7 Å². The van der Waals surface area contributed by atoms with Crippen LogP contribution in [0, 0.1) is 5.41 Å². The third-order valence-electron chi connectivity index (χ3n) is 6.32. The van der Waals surface area contributed by atoms with Crippen LogP contribution in [0.4, 0.5) is 15.3 Å². The minimum Gasteiger partial charge on any atom is -0.446 e. The number of hydrogen-bond acceptors (Lipinski definition) is 4. The van der Waals surface area contributed by atoms with Gasteiger partial charge in [-0.05, 0) is 63.5 Å². The van der Waals surface area contributed by atoms with Gasteiger partial charge in [-0.3, -0.25) is 5.32 Å². The zero-order valence-corrected chi connectivity index (χ0v) is 19.1. The second kappa shape index (κ2) is 8.85. The number of hydrogen-bond donors (Lipinski definition) is 1. The van der Waals surface area contributed by atoms with E-state index in [1.54, 1.807) is 4.90 Å². The summed E-state index contributed by atoms with van der Waals surface area (Å²) in [6.07, 6.45) is 2.81. The first-order chi connectivity index (χ1) is 15.2. The van der Waals surface area contributed by atoms with Crippen molar-refractivity contribution in [3.63, 3.8) is 0 Å². The second-order valence-electron chi connectivity index (χ2n) is 9.94. The number of nitrogens with zero attached hydrogens (tertiary/aromatic N) is 1. The summed E-state index contributed by atoms with van der Waals surface area (Å²) in [5.41, 5.74) is 2.44. The van der Waals surface area contributed by atoms with Crippen LogP contribution < -0.4 is 5.32 Å². The monoisotopic (exact) mass is 436 g/mol. The predicted octanol–water partition coefficient (Wildman–Crippen LogP) is 6.08. The number of anilines is 1. The van der Waals surface area contributed by atoms with Crippen molar-refractivity contribution in [2.75, 3.05) is 18.4 Å². The molecule has 170 valence electrons.